The molecule has 3 aromatic rings. The third kappa shape index (κ3) is 3.60. The van der Waals surface area contributed by atoms with E-state index in [2.05, 4.69) is 4.98 Å². The number of nitrogens with zero attached hydrogens (tertiary/aromatic N) is 2. The van der Waals surface area contributed by atoms with E-state index in [-0.39, 0.29) is 16.5 Å². The second kappa shape index (κ2) is 6.88. The topological polar surface area (TPSA) is 53.8 Å². The maximum absolute atomic E-state index is 12.6. The minimum Gasteiger partial charge on any atom is -0.288 e. The predicted octanol–water partition coefficient (Wildman–Crippen LogP) is 5.29. The van der Waals surface area contributed by atoms with Crippen molar-refractivity contribution in [1.82, 2.24) is 4.98 Å². The number of aryl methyl sites for hydroxylation is 2. The van der Waals surface area contributed by atoms with Crippen molar-refractivity contribution in [2.75, 3.05) is 0 Å². The fourth-order valence-electron chi connectivity index (χ4n) is 2.62. The number of rotatable bonds is 3. The Labute approximate surface area is 151 Å². The standard InChI is InChI=1S/C21H15ClN2O/c1-13-4-3-5-16(8-13)20(25)18(12-23)11-17-10-15-7-6-14(2)9-19(15)24-21(17)22/h3-11H,1-2H3/b18-11+. The quantitative estimate of drug-likeness (QED) is 0.280. The molecule has 122 valence electrons. The zero-order valence-corrected chi connectivity index (χ0v) is 14.6. The summed E-state index contributed by atoms with van der Waals surface area (Å²) in [6, 6.07) is 16.8. The van der Waals surface area contributed by atoms with Crippen molar-refractivity contribution in [2.24, 2.45) is 0 Å². The number of allylic oxidation sites excluding steroid dienone is 1. The molecule has 0 saturated heterocycles. The lowest BCUT2D eigenvalue weighted by Gasteiger charge is -2.05. The van der Waals surface area contributed by atoms with Gasteiger partial charge in [-0.2, -0.15) is 5.26 Å². The molecule has 0 fully saturated rings. The van der Waals surface area contributed by atoms with Gasteiger partial charge in [-0.15, -0.1) is 0 Å². The number of hydrogen-bond donors (Lipinski definition) is 0. The summed E-state index contributed by atoms with van der Waals surface area (Å²) in [5.41, 5.74) is 3.89. The molecule has 0 spiro atoms. The van der Waals surface area contributed by atoms with E-state index in [4.69, 9.17) is 11.6 Å². The second-order valence-electron chi connectivity index (χ2n) is 5.93. The lowest BCUT2D eigenvalue weighted by Crippen LogP contribution is -2.02. The largest absolute Gasteiger partial charge is 0.288 e. The number of aromatic nitrogens is 1. The second-order valence-corrected chi connectivity index (χ2v) is 6.29. The third-order valence-electron chi connectivity index (χ3n) is 3.90. The van der Waals surface area contributed by atoms with Gasteiger partial charge < -0.3 is 0 Å². The predicted molar refractivity (Wildman–Crippen MR) is 101 cm³/mol. The van der Waals surface area contributed by atoms with Crippen molar-refractivity contribution in [3.05, 3.63) is 81.5 Å². The van der Waals surface area contributed by atoms with Gasteiger partial charge in [-0.05, 0) is 43.7 Å². The Balaban J connectivity index is 2.07. The maximum Gasteiger partial charge on any atom is 0.203 e. The molecule has 0 amide bonds. The fraction of sp³-hybridized carbons (Fsp3) is 0.0952. The number of pyridine rings is 1. The van der Waals surface area contributed by atoms with Crippen molar-refractivity contribution < 1.29 is 4.79 Å². The molecule has 0 atom stereocenters. The van der Waals surface area contributed by atoms with E-state index in [1.165, 1.54) is 6.08 Å². The Morgan fingerprint density at radius 1 is 1.12 bits per heavy atom. The summed E-state index contributed by atoms with van der Waals surface area (Å²) in [6.07, 6.45) is 1.50. The van der Waals surface area contributed by atoms with Gasteiger partial charge in [0.25, 0.3) is 0 Å². The summed E-state index contributed by atoms with van der Waals surface area (Å²) in [5, 5.41) is 10.6. The van der Waals surface area contributed by atoms with Gasteiger partial charge in [0.15, 0.2) is 0 Å². The molecule has 4 heteroatoms. The van der Waals surface area contributed by atoms with Crippen molar-refractivity contribution in [3.8, 4) is 6.07 Å². The molecule has 0 aliphatic carbocycles. The van der Waals surface area contributed by atoms with Crippen LogP contribution in [0.4, 0.5) is 0 Å². The minimum atomic E-state index is -0.328. The van der Waals surface area contributed by atoms with Crippen LogP contribution in [0, 0.1) is 25.2 Å². The smallest absolute Gasteiger partial charge is 0.203 e. The van der Waals surface area contributed by atoms with E-state index in [0.29, 0.717) is 11.1 Å². The van der Waals surface area contributed by atoms with Crippen LogP contribution in [0.1, 0.15) is 27.0 Å². The average Bonchev–Trinajstić information content (AvgIpc) is 2.59. The van der Waals surface area contributed by atoms with Crippen molar-refractivity contribution in [2.45, 2.75) is 13.8 Å². The number of ketones is 1. The summed E-state index contributed by atoms with van der Waals surface area (Å²) in [7, 11) is 0. The first-order chi connectivity index (χ1) is 12.0. The molecule has 0 N–H and O–H groups in total. The van der Waals surface area contributed by atoms with Crippen LogP contribution in [0.5, 0.6) is 0 Å². The van der Waals surface area contributed by atoms with Gasteiger partial charge in [0.05, 0.1) is 5.52 Å². The Morgan fingerprint density at radius 2 is 1.88 bits per heavy atom. The third-order valence-corrected chi connectivity index (χ3v) is 4.20. The van der Waals surface area contributed by atoms with Gasteiger partial charge in [-0.25, -0.2) is 4.98 Å². The first-order valence-electron chi connectivity index (χ1n) is 7.78. The highest BCUT2D eigenvalue weighted by Crippen LogP contribution is 2.24. The molecule has 3 rings (SSSR count). The summed E-state index contributed by atoms with van der Waals surface area (Å²) >= 11 is 6.26. The summed E-state index contributed by atoms with van der Waals surface area (Å²) in [5.74, 6) is -0.328. The minimum absolute atomic E-state index is 0.0285. The highest BCUT2D eigenvalue weighted by Gasteiger charge is 2.14. The van der Waals surface area contributed by atoms with Gasteiger partial charge in [0.1, 0.15) is 16.8 Å². The van der Waals surface area contributed by atoms with Crippen LogP contribution in [-0.4, -0.2) is 10.8 Å². The van der Waals surface area contributed by atoms with Crippen LogP contribution in [-0.2, 0) is 0 Å². The molecule has 25 heavy (non-hydrogen) atoms. The summed E-state index contributed by atoms with van der Waals surface area (Å²) in [4.78, 5) is 17.0. The highest BCUT2D eigenvalue weighted by atomic mass is 35.5. The van der Waals surface area contributed by atoms with E-state index in [9.17, 15) is 10.1 Å². The highest BCUT2D eigenvalue weighted by molar-refractivity contribution is 6.31. The SMILES string of the molecule is Cc1cccc(C(=O)/C(C#N)=C/c2cc3ccc(C)cc3nc2Cl)c1. The van der Waals surface area contributed by atoms with Gasteiger partial charge in [0, 0.05) is 16.5 Å². The van der Waals surface area contributed by atoms with Gasteiger partial charge >= 0.3 is 0 Å². The fourth-order valence-corrected chi connectivity index (χ4v) is 2.82. The normalized spacial score (nSPS) is 11.4. The molecule has 3 nitrogen and oxygen atoms in total. The Kier molecular flexibility index (Phi) is 4.65. The zero-order valence-electron chi connectivity index (χ0n) is 13.9. The number of fused-ring (bicyclic) bond motifs is 1. The van der Waals surface area contributed by atoms with Crippen molar-refractivity contribution in [1.29, 1.82) is 5.26 Å². The zero-order chi connectivity index (χ0) is 18.0. The maximum atomic E-state index is 12.6. The first kappa shape index (κ1) is 16.9. The molecule has 0 saturated carbocycles. The van der Waals surface area contributed by atoms with Crippen LogP contribution < -0.4 is 0 Å². The molecular formula is C21H15ClN2O. The van der Waals surface area contributed by atoms with Gasteiger partial charge in [-0.3, -0.25) is 4.79 Å². The number of benzene rings is 2. The molecule has 0 aliphatic rings. The van der Waals surface area contributed by atoms with Crippen LogP contribution in [0.15, 0.2) is 54.1 Å². The van der Waals surface area contributed by atoms with Crippen molar-refractivity contribution in [3.63, 3.8) is 0 Å². The number of nitriles is 1. The number of Topliss-reactive ketones (excluding diaryl/α,β-unsaturated/α-hetero) is 1. The lowest BCUT2D eigenvalue weighted by molar-refractivity contribution is 0.104. The molecule has 2 aromatic carbocycles. The van der Waals surface area contributed by atoms with Crippen LogP contribution in [0.3, 0.4) is 0 Å². The Bertz CT molecular complexity index is 1060. The number of carbonyl (C=O) groups is 1. The average molecular weight is 347 g/mol. The summed E-state index contributed by atoms with van der Waals surface area (Å²) < 4.78 is 0. The molecule has 1 aromatic heterocycles. The van der Waals surface area contributed by atoms with Crippen LogP contribution in [0.2, 0.25) is 5.15 Å². The number of halogens is 1. The van der Waals surface area contributed by atoms with Gasteiger partial charge in [0.2, 0.25) is 5.78 Å². The van der Waals surface area contributed by atoms with E-state index in [1.54, 1.807) is 18.2 Å². The molecular weight excluding hydrogens is 332 g/mol. The van der Waals surface area contributed by atoms with E-state index >= 15 is 0 Å². The van der Waals surface area contributed by atoms with Crippen molar-refractivity contribution >= 4 is 34.4 Å². The van der Waals surface area contributed by atoms with Crippen LogP contribution in [0.25, 0.3) is 17.0 Å². The van der Waals surface area contributed by atoms with E-state index in [1.807, 2.05) is 50.2 Å². The summed E-state index contributed by atoms with van der Waals surface area (Å²) in [6.45, 7) is 3.88. The van der Waals surface area contributed by atoms with Gasteiger partial charge in [-0.1, -0.05) is 47.5 Å². The van der Waals surface area contributed by atoms with E-state index < -0.39 is 0 Å². The molecule has 0 aliphatic heterocycles. The van der Waals surface area contributed by atoms with Crippen LogP contribution >= 0.6 is 11.6 Å². The molecule has 0 radical (unpaired) electrons. The molecule has 0 unspecified atom stereocenters. The molecule has 1 heterocycles. The monoisotopic (exact) mass is 346 g/mol. The number of hydrogen-bond acceptors (Lipinski definition) is 3. The first-order valence-corrected chi connectivity index (χ1v) is 8.16. The molecule has 0 bridgehead atoms. The Morgan fingerprint density at radius 3 is 2.60 bits per heavy atom. The Hall–Kier alpha value is -2.96. The number of carbonyl (C=O) groups excluding carboxylic acids is 1. The van der Waals surface area contributed by atoms with E-state index in [0.717, 1.165) is 22.0 Å². The lowest BCUT2D eigenvalue weighted by atomic mass is 10.0.